The number of hydrogen-bond donors (Lipinski definition) is 4. The Kier molecular flexibility index (Phi) is 2.08. The van der Waals surface area contributed by atoms with E-state index in [-0.39, 0.29) is 31.3 Å². The molecule has 0 bridgehead atoms. The Labute approximate surface area is 58.0 Å². The van der Waals surface area contributed by atoms with Crippen LogP contribution in [0.2, 0.25) is 0 Å². The fraction of sp³-hybridized carbons (Fsp3) is 0.800. The number of urea groups is 1. The number of amides is 2. The third-order valence-electron chi connectivity index (χ3n) is 1.51. The molecule has 0 unspecified atom stereocenters. The SMILES string of the molecule is O=C1N[C@H](CO)[C@@H](CO)N1. The molecular weight excluding hydrogens is 136 g/mol. The van der Waals surface area contributed by atoms with E-state index in [2.05, 4.69) is 10.6 Å². The topological polar surface area (TPSA) is 81.6 Å². The van der Waals surface area contributed by atoms with Gasteiger partial charge in [-0.1, -0.05) is 0 Å². The van der Waals surface area contributed by atoms with Crippen molar-refractivity contribution in [2.24, 2.45) is 0 Å². The van der Waals surface area contributed by atoms with Crippen molar-refractivity contribution in [1.82, 2.24) is 10.6 Å². The fourth-order valence-electron chi connectivity index (χ4n) is 0.925. The van der Waals surface area contributed by atoms with Crippen molar-refractivity contribution in [3.63, 3.8) is 0 Å². The molecule has 1 rings (SSSR count). The minimum Gasteiger partial charge on any atom is -0.394 e. The second kappa shape index (κ2) is 2.85. The molecule has 0 radical (unpaired) electrons. The van der Waals surface area contributed by atoms with Gasteiger partial charge in [0.1, 0.15) is 0 Å². The Balaban J connectivity index is 2.48. The first-order chi connectivity index (χ1) is 4.77. The van der Waals surface area contributed by atoms with Crippen LogP contribution in [-0.2, 0) is 0 Å². The molecule has 1 saturated heterocycles. The first kappa shape index (κ1) is 7.30. The summed E-state index contributed by atoms with van der Waals surface area (Å²) < 4.78 is 0. The third-order valence-corrected chi connectivity index (χ3v) is 1.51. The van der Waals surface area contributed by atoms with Crippen LogP contribution < -0.4 is 10.6 Å². The van der Waals surface area contributed by atoms with Crippen molar-refractivity contribution in [3.05, 3.63) is 0 Å². The number of hydrogen-bond acceptors (Lipinski definition) is 3. The van der Waals surface area contributed by atoms with Crippen molar-refractivity contribution in [2.75, 3.05) is 13.2 Å². The summed E-state index contributed by atoms with van der Waals surface area (Å²) in [6.45, 7) is -0.298. The standard InChI is InChI=1S/C5H10N2O3/c8-1-3-4(2-9)7-5(10)6-3/h3-4,8-9H,1-2H2,(H2,6,7,10)/t3-,4-/m1/s1. The number of aliphatic hydroxyl groups is 2. The number of carbonyl (C=O) groups is 1. The molecule has 1 fully saturated rings. The quantitative estimate of drug-likeness (QED) is 0.364. The highest BCUT2D eigenvalue weighted by atomic mass is 16.3. The Morgan fingerprint density at radius 3 is 1.90 bits per heavy atom. The molecule has 5 heteroatoms. The van der Waals surface area contributed by atoms with Crippen LogP contribution in [0.25, 0.3) is 0 Å². The lowest BCUT2D eigenvalue weighted by Crippen LogP contribution is -2.39. The Morgan fingerprint density at radius 2 is 1.60 bits per heavy atom. The second-order valence-corrected chi connectivity index (χ2v) is 2.20. The Morgan fingerprint density at radius 1 is 1.20 bits per heavy atom. The average molecular weight is 146 g/mol. The lowest BCUT2D eigenvalue weighted by molar-refractivity contribution is 0.195. The summed E-state index contributed by atoms with van der Waals surface area (Å²) in [6.07, 6.45) is 0. The Bertz CT molecular complexity index is 125. The van der Waals surface area contributed by atoms with Crippen molar-refractivity contribution in [2.45, 2.75) is 12.1 Å². The van der Waals surface area contributed by atoms with Crippen LogP contribution in [0.3, 0.4) is 0 Å². The molecule has 2 amide bonds. The summed E-state index contributed by atoms with van der Waals surface area (Å²) in [6, 6.07) is -1.03. The molecule has 1 aliphatic heterocycles. The zero-order valence-electron chi connectivity index (χ0n) is 5.37. The van der Waals surface area contributed by atoms with E-state index in [0.29, 0.717) is 0 Å². The molecule has 58 valence electrons. The van der Waals surface area contributed by atoms with Crippen LogP contribution in [0.5, 0.6) is 0 Å². The predicted octanol–water partition coefficient (Wildman–Crippen LogP) is -1.98. The molecule has 0 spiro atoms. The zero-order valence-corrected chi connectivity index (χ0v) is 5.37. The van der Waals surface area contributed by atoms with Gasteiger partial charge in [0.05, 0.1) is 25.3 Å². The van der Waals surface area contributed by atoms with E-state index >= 15 is 0 Å². The van der Waals surface area contributed by atoms with Gasteiger partial charge in [0.15, 0.2) is 0 Å². The summed E-state index contributed by atoms with van der Waals surface area (Å²) in [5.41, 5.74) is 0. The maximum Gasteiger partial charge on any atom is 0.315 e. The molecule has 1 heterocycles. The predicted molar refractivity (Wildman–Crippen MR) is 33.4 cm³/mol. The van der Waals surface area contributed by atoms with Crippen LogP contribution in [-0.4, -0.2) is 41.5 Å². The molecule has 1 aliphatic rings. The van der Waals surface area contributed by atoms with Gasteiger partial charge in [-0.3, -0.25) is 0 Å². The molecule has 0 aromatic carbocycles. The summed E-state index contributed by atoms with van der Waals surface area (Å²) in [5.74, 6) is 0. The van der Waals surface area contributed by atoms with E-state index in [4.69, 9.17) is 10.2 Å². The average Bonchev–Trinajstić information content (AvgIpc) is 2.30. The van der Waals surface area contributed by atoms with E-state index in [9.17, 15) is 4.79 Å². The van der Waals surface area contributed by atoms with E-state index in [1.807, 2.05) is 0 Å². The van der Waals surface area contributed by atoms with Crippen molar-refractivity contribution >= 4 is 6.03 Å². The van der Waals surface area contributed by atoms with Gasteiger partial charge in [-0.2, -0.15) is 0 Å². The molecular formula is C5H10N2O3. The van der Waals surface area contributed by atoms with Crippen LogP contribution in [0, 0.1) is 0 Å². The van der Waals surface area contributed by atoms with Gasteiger partial charge in [0.2, 0.25) is 0 Å². The van der Waals surface area contributed by atoms with Gasteiger partial charge in [-0.25, -0.2) is 4.79 Å². The molecule has 0 aromatic rings. The summed E-state index contributed by atoms with van der Waals surface area (Å²) >= 11 is 0. The van der Waals surface area contributed by atoms with Gasteiger partial charge in [0, 0.05) is 0 Å². The number of rotatable bonds is 2. The van der Waals surface area contributed by atoms with Crippen LogP contribution >= 0.6 is 0 Å². The smallest absolute Gasteiger partial charge is 0.315 e. The maximum atomic E-state index is 10.5. The monoisotopic (exact) mass is 146 g/mol. The van der Waals surface area contributed by atoms with Crippen LogP contribution in [0.4, 0.5) is 4.79 Å². The number of carbonyl (C=O) groups excluding carboxylic acids is 1. The molecule has 0 aliphatic carbocycles. The van der Waals surface area contributed by atoms with Crippen LogP contribution in [0.1, 0.15) is 0 Å². The fourth-order valence-corrected chi connectivity index (χ4v) is 0.925. The molecule has 4 N–H and O–H groups in total. The second-order valence-electron chi connectivity index (χ2n) is 2.20. The zero-order chi connectivity index (χ0) is 7.56. The maximum absolute atomic E-state index is 10.5. The molecule has 0 aromatic heterocycles. The van der Waals surface area contributed by atoms with Gasteiger partial charge in [0.25, 0.3) is 0 Å². The number of aliphatic hydroxyl groups excluding tert-OH is 2. The molecule has 0 saturated carbocycles. The molecule has 2 atom stereocenters. The van der Waals surface area contributed by atoms with E-state index in [1.165, 1.54) is 0 Å². The van der Waals surface area contributed by atoms with E-state index in [1.54, 1.807) is 0 Å². The van der Waals surface area contributed by atoms with Gasteiger partial charge in [-0.15, -0.1) is 0 Å². The van der Waals surface area contributed by atoms with E-state index in [0.717, 1.165) is 0 Å². The third kappa shape index (κ3) is 1.19. The molecule has 10 heavy (non-hydrogen) atoms. The lowest BCUT2D eigenvalue weighted by atomic mass is 10.2. The van der Waals surface area contributed by atoms with E-state index < -0.39 is 0 Å². The molecule has 5 nitrogen and oxygen atoms in total. The van der Waals surface area contributed by atoms with Gasteiger partial charge in [-0.05, 0) is 0 Å². The first-order valence-electron chi connectivity index (χ1n) is 3.06. The normalized spacial score (nSPS) is 31.6. The minimum absolute atomic E-state index is 0.149. The number of nitrogens with one attached hydrogen (secondary N) is 2. The highest BCUT2D eigenvalue weighted by Crippen LogP contribution is 1.98. The first-order valence-corrected chi connectivity index (χ1v) is 3.06. The summed E-state index contributed by atoms with van der Waals surface area (Å²) in [5, 5.41) is 22.1. The largest absolute Gasteiger partial charge is 0.394 e. The van der Waals surface area contributed by atoms with Crippen molar-refractivity contribution in [1.29, 1.82) is 0 Å². The van der Waals surface area contributed by atoms with Crippen molar-refractivity contribution in [3.8, 4) is 0 Å². The minimum atomic E-state index is -0.350. The summed E-state index contributed by atoms with van der Waals surface area (Å²) in [4.78, 5) is 10.5. The van der Waals surface area contributed by atoms with Crippen molar-refractivity contribution < 1.29 is 15.0 Å². The Hall–Kier alpha value is -0.810. The summed E-state index contributed by atoms with van der Waals surface area (Å²) in [7, 11) is 0. The highest BCUT2D eigenvalue weighted by Gasteiger charge is 2.29. The van der Waals surface area contributed by atoms with Gasteiger partial charge < -0.3 is 20.8 Å². The van der Waals surface area contributed by atoms with Crippen LogP contribution in [0.15, 0.2) is 0 Å². The van der Waals surface area contributed by atoms with Gasteiger partial charge >= 0.3 is 6.03 Å². The highest BCUT2D eigenvalue weighted by molar-refractivity contribution is 5.77. The lowest BCUT2D eigenvalue weighted by Gasteiger charge is -2.11.